The average Bonchev–Trinajstić information content (AvgIpc) is 2.77. The zero-order valence-corrected chi connectivity index (χ0v) is 13.4. The molecule has 1 unspecified atom stereocenters. The van der Waals surface area contributed by atoms with Crippen LogP contribution in [0.1, 0.15) is 38.1 Å². The first-order valence-corrected chi connectivity index (χ1v) is 7.26. The maximum atomic E-state index is 11.8. The molecule has 0 aliphatic rings. The Labute approximate surface area is 125 Å². The van der Waals surface area contributed by atoms with Gasteiger partial charge in [0.05, 0.1) is 0 Å². The highest BCUT2D eigenvalue weighted by Crippen LogP contribution is 2.18. The van der Waals surface area contributed by atoms with Crippen LogP contribution in [-0.2, 0) is 11.2 Å². The Morgan fingerprint density at radius 2 is 2.11 bits per heavy atom. The fourth-order valence-corrected chi connectivity index (χ4v) is 2.34. The van der Waals surface area contributed by atoms with Crippen LogP contribution in [0.5, 0.6) is 0 Å². The van der Waals surface area contributed by atoms with E-state index in [4.69, 9.17) is 0 Å². The number of rotatable bonds is 8. The number of hydrogen-bond acceptors (Lipinski definition) is 5. The maximum Gasteiger partial charge on any atom is 0.230 e. The van der Waals surface area contributed by atoms with Gasteiger partial charge in [0, 0.05) is 18.9 Å². The summed E-state index contributed by atoms with van der Waals surface area (Å²) >= 11 is 1.47. The quantitative estimate of drug-likeness (QED) is 0.724. The van der Waals surface area contributed by atoms with Crippen molar-refractivity contribution in [1.29, 1.82) is 0 Å². The lowest BCUT2D eigenvalue weighted by Gasteiger charge is -2.08. The normalized spacial score (nSPS) is 11.7. The van der Waals surface area contributed by atoms with E-state index in [0.29, 0.717) is 11.7 Å². The third kappa shape index (κ3) is 6.84. The van der Waals surface area contributed by atoms with E-state index in [1.807, 2.05) is 14.0 Å². The molecule has 1 atom stereocenters. The van der Waals surface area contributed by atoms with Crippen LogP contribution in [0.25, 0.3) is 0 Å². The molecule has 0 aliphatic carbocycles. The van der Waals surface area contributed by atoms with Crippen molar-refractivity contribution in [2.75, 3.05) is 18.9 Å². The Kier molecular flexibility index (Phi) is 9.73. The number of carbonyl (C=O) groups excluding carboxylic acids is 1. The summed E-state index contributed by atoms with van der Waals surface area (Å²) in [5.41, 5.74) is 0. The molecule has 0 fully saturated rings. The molecule has 0 bridgehead atoms. The summed E-state index contributed by atoms with van der Waals surface area (Å²) in [6, 6.07) is 0. The van der Waals surface area contributed by atoms with Crippen molar-refractivity contribution in [3.05, 3.63) is 5.01 Å². The van der Waals surface area contributed by atoms with Crippen molar-refractivity contribution in [3.63, 3.8) is 0 Å². The van der Waals surface area contributed by atoms with Gasteiger partial charge in [0.2, 0.25) is 11.0 Å². The predicted octanol–water partition coefficient (Wildman–Crippen LogP) is 2.49. The van der Waals surface area contributed by atoms with E-state index in [1.165, 1.54) is 24.2 Å². The minimum atomic E-state index is -0.0672. The Balaban J connectivity index is 0.00000324. The summed E-state index contributed by atoms with van der Waals surface area (Å²) in [7, 11) is 1.83. The number of nitrogens with one attached hydrogen (secondary N) is 2. The Bertz CT molecular complexity index is 372. The van der Waals surface area contributed by atoms with Crippen LogP contribution < -0.4 is 10.6 Å². The van der Waals surface area contributed by atoms with Gasteiger partial charge >= 0.3 is 0 Å². The number of amides is 1. The third-order valence-corrected chi connectivity index (χ3v) is 3.55. The SMILES string of the molecule is CCCCCc1nnc(NC(=O)C(C)CNC)s1.Cl. The average molecular weight is 307 g/mol. The summed E-state index contributed by atoms with van der Waals surface area (Å²) < 4.78 is 0. The van der Waals surface area contributed by atoms with Crippen molar-refractivity contribution in [1.82, 2.24) is 15.5 Å². The van der Waals surface area contributed by atoms with Crippen LogP contribution >= 0.6 is 23.7 Å². The fourth-order valence-electron chi connectivity index (χ4n) is 1.56. The molecule has 1 amide bonds. The van der Waals surface area contributed by atoms with Crippen molar-refractivity contribution in [2.24, 2.45) is 5.92 Å². The molecule has 1 heterocycles. The number of carbonyl (C=O) groups is 1. The highest BCUT2D eigenvalue weighted by atomic mass is 35.5. The lowest BCUT2D eigenvalue weighted by molar-refractivity contribution is -0.119. The minimum absolute atomic E-state index is 0. The van der Waals surface area contributed by atoms with E-state index in [2.05, 4.69) is 27.8 Å². The molecule has 0 radical (unpaired) electrons. The van der Waals surface area contributed by atoms with Gasteiger partial charge in [-0.2, -0.15) is 0 Å². The van der Waals surface area contributed by atoms with Crippen LogP contribution in [0.4, 0.5) is 5.13 Å². The first-order chi connectivity index (χ1) is 8.67. The smallest absolute Gasteiger partial charge is 0.230 e. The van der Waals surface area contributed by atoms with Crippen LogP contribution in [0.3, 0.4) is 0 Å². The Morgan fingerprint density at radius 3 is 2.74 bits per heavy atom. The lowest BCUT2D eigenvalue weighted by atomic mass is 10.2. The fraction of sp³-hybridized carbons (Fsp3) is 0.750. The van der Waals surface area contributed by atoms with Gasteiger partial charge in [-0.05, 0) is 13.5 Å². The number of halogens is 1. The van der Waals surface area contributed by atoms with Gasteiger partial charge in [-0.3, -0.25) is 4.79 Å². The van der Waals surface area contributed by atoms with Gasteiger partial charge in [0.1, 0.15) is 5.01 Å². The van der Waals surface area contributed by atoms with Gasteiger partial charge in [-0.15, -0.1) is 22.6 Å². The van der Waals surface area contributed by atoms with Crippen LogP contribution in [-0.4, -0.2) is 29.7 Å². The van der Waals surface area contributed by atoms with Gasteiger partial charge in [0.15, 0.2) is 0 Å². The van der Waals surface area contributed by atoms with E-state index in [0.717, 1.165) is 17.8 Å². The summed E-state index contributed by atoms with van der Waals surface area (Å²) in [5, 5.41) is 15.5. The van der Waals surface area contributed by atoms with E-state index in [1.54, 1.807) is 0 Å². The third-order valence-electron chi connectivity index (χ3n) is 2.65. The molecule has 0 aromatic carbocycles. The summed E-state index contributed by atoms with van der Waals surface area (Å²) in [5.74, 6) is -0.0805. The highest BCUT2D eigenvalue weighted by molar-refractivity contribution is 7.15. The first-order valence-electron chi connectivity index (χ1n) is 6.45. The van der Waals surface area contributed by atoms with Crippen LogP contribution in [0.2, 0.25) is 0 Å². The molecule has 0 saturated heterocycles. The zero-order chi connectivity index (χ0) is 13.4. The number of hydrogen-bond donors (Lipinski definition) is 2. The molecule has 1 aromatic heterocycles. The van der Waals surface area contributed by atoms with Gasteiger partial charge < -0.3 is 10.6 Å². The molecule has 1 rings (SSSR count). The molecule has 2 N–H and O–H groups in total. The second-order valence-corrected chi connectivity index (χ2v) is 5.47. The molecule has 0 spiro atoms. The van der Waals surface area contributed by atoms with E-state index >= 15 is 0 Å². The number of anilines is 1. The highest BCUT2D eigenvalue weighted by Gasteiger charge is 2.14. The van der Waals surface area contributed by atoms with Gasteiger partial charge in [-0.25, -0.2) is 0 Å². The number of nitrogens with zero attached hydrogens (tertiary/aromatic N) is 2. The topological polar surface area (TPSA) is 66.9 Å². The van der Waals surface area contributed by atoms with Crippen molar-refractivity contribution in [3.8, 4) is 0 Å². The first kappa shape index (κ1) is 18.3. The molecule has 5 nitrogen and oxygen atoms in total. The Morgan fingerprint density at radius 1 is 1.37 bits per heavy atom. The van der Waals surface area contributed by atoms with Crippen LogP contribution in [0, 0.1) is 5.92 Å². The zero-order valence-electron chi connectivity index (χ0n) is 11.7. The molecule has 0 aliphatic heterocycles. The van der Waals surface area contributed by atoms with Gasteiger partial charge in [0.25, 0.3) is 0 Å². The summed E-state index contributed by atoms with van der Waals surface area (Å²) in [6.07, 6.45) is 4.49. The second-order valence-electron chi connectivity index (χ2n) is 4.41. The van der Waals surface area contributed by atoms with E-state index < -0.39 is 0 Å². The number of aryl methyl sites for hydroxylation is 1. The Hall–Kier alpha value is -0.720. The molecule has 1 aromatic rings. The lowest BCUT2D eigenvalue weighted by Crippen LogP contribution is -2.28. The number of aromatic nitrogens is 2. The molecule has 7 heteroatoms. The van der Waals surface area contributed by atoms with E-state index in [-0.39, 0.29) is 24.2 Å². The molecule has 19 heavy (non-hydrogen) atoms. The predicted molar refractivity (Wildman–Crippen MR) is 82.1 cm³/mol. The molecule has 0 saturated carbocycles. The monoisotopic (exact) mass is 306 g/mol. The maximum absolute atomic E-state index is 11.8. The summed E-state index contributed by atoms with van der Waals surface area (Å²) in [4.78, 5) is 11.8. The molecular weight excluding hydrogens is 284 g/mol. The van der Waals surface area contributed by atoms with Crippen molar-refractivity contribution in [2.45, 2.75) is 39.5 Å². The van der Waals surface area contributed by atoms with E-state index in [9.17, 15) is 4.79 Å². The van der Waals surface area contributed by atoms with Crippen molar-refractivity contribution < 1.29 is 4.79 Å². The second kappa shape index (κ2) is 10.1. The van der Waals surface area contributed by atoms with Crippen LogP contribution in [0.15, 0.2) is 0 Å². The number of unbranched alkanes of at least 4 members (excludes halogenated alkanes) is 2. The van der Waals surface area contributed by atoms with Gasteiger partial charge in [-0.1, -0.05) is 38.0 Å². The van der Waals surface area contributed by atoms with Crippen molar-refractivity contribution >= 4 is 34.8 Å². The standard InChI is InChI=1S/C12H22N4OS.ClH/c1-4-5-6-7-10-15-16-12(18-10)14-11(17)9(2)8-13-3;/h9,13H,4-8H2,1-3H3,(H,14,16,17);1H. The molecular formula is C12H23ClN4OS. The summed E-state index contributed by atoms with van der Waals surface area (Å²) in [6.45, 7) is 4.72. The minimum Gasteiger partial charge on any atom is -0.319 e. The molecule has 110 valence electrons. The largest absolute Gasteiger partial charge is 0.319 e.